The van der Waals surface area contributed by atoms with Gasteiger partial charge < -0.3 is 10.1 Å². The molecule has 0 spiro atoms. The van der Waals surface area contributed by atoms with E-state index < -0.39 is 0 Å². The molecule has 2 aliphatic rings. The maximum atomic E-state index is 12.3. The molecule has 1 atom stereocenters. The van der Waals surface area contributed by atoms with Crippen molar-refractivity contribution in [2.24, 2.45) is 5.92 Å². The summed E-state index contributed by atoms with van der Waals surface area (Å²) in [6.45, 7) is 2.28. The highest BCUT2D eigenvalue weighted by atomic mass is 32.1. The third kappa shape index (κ3) is 3.76. The number of hydrogen-bond donors (Lipinski definition) is 1. The summed E-state index contributed by atoms with van der Waals surface area (Å²) in [6, 6.07) is -0.0215. The molecular formula is C15H24N4O2S. The molecule has 22 heavy (non-hydrogen) atoms. The van der Waals surface area contributed by atoms with E-state index >= 15 is 0 Å². The van der Waals surface area contributed by atoms with Crippen molar-refractivity contribution in [1.82, 2.24) is 20.4 Å². The number of amides is 1. The van der Waals surface area contributed by atoms with Crippen molar-refractivity contribution in [1.29, 1.82) is 0 Å². The predicted molar refractivity (Wildman–Crippen MR) is 84.9 cm³/mol. The van der Waals surface area contributed by atoms with Crippen LogP contribution in [0.5, 0.6) is 5.19 Å². The Balaban J connectivity index is 1.64. The van der Waals surface area contributed by atoms with Crippen LogP contribution in [0.15, 0.2) is 0 Å². The first-order valence-corrected chi connectivity index (χ1v) is 8.96. The Hall–Kier alpha value is -1.21. The topological polar surface area (TPSA) is 67.4 Å². The van der Waals surface area contributed by atoms with Crippen LogP contribution >= 0.6 is 11.3 Å². The van der Waals surface area contributed by atoms with Gasteiger partial charge in [0, 0.05) is 13.1 Å². The average molecular weight is 324 g/mol. The highest BCUT2D eigenvalue weighted by Crippen LogP contribution is 2.30. The maximum Gasteiger partial charge on any atom is 0.293 e. The van der Waals surface area contributed by atoms with E-state index in [0.717, 1.165) is 24.5 Å². The van der Waals surface area contributed by atoms with Crippen molar-refractivity contribution in [2.75, 3.05) is 20.2 Å². The molecule has 1 saturated carbocycles. The molecule has 6 nitrogen and oxygen atoms in total. The number of aromatic nitrogens is 2. The number of hydrogen-bond acceptors (Lipinski definition) is 6. The Bertz CT molecular complexity index is 501. The summed E-state index contributed by atoms with van der Waals surface area (Å²) in [7, 11) is 1.60. The van der Waals surface area contributed by atoms with Crippen LogP contribution in [-0.4, -0.2) is 47.2 Å². The van der Waals surface area contributed by atoms with Gasteiger partial charge in [-0.2, -0.15) is 0 Å². The summed E-state index contributed by atoms with van der Waals surface area (Å²) in [4.78, 5) is 14.6. The Morgan fingerprint density at radius 1 is 1.32 bits per heavy atom. The summed E-state index contributed by atoms with van der Waals surface area (Å²) in [5, 5.41) is 12.7. The smallest absolute Gasteiger partial charge is 0.293 e. The third-order valence-electron chi connectivity index (χ3n) is 4.68. The molecule has 1 amide bonds. The second-order valence-corrected chi connectivity index (χ2v) is 7.21. The summed E-state index contributed by atoms with van der Waals surface area (Å²) >= 11 is 1.46. The Morgan fingerprint density at radius 3 is 2.86 bits per heavy atom. The summed E-state index contributed by atoms with van der Waals surface area (Å²) < 4.78 is 5.10. The van der Waals surface area contributed by atoms with Crippen molar-refractivity contribution in [3.8, 4) is 5.19 Å². The first kappa shape index (κ1) is 15.7. The van der Waals surface area contributed by atoms with Gasteiger partial charge in [0.15, 0.2) is 0 Å². The van der Waals surface area contributed by atoms with Crippen LogP contribution in [0.2, 0.25) is 0 Å². The van der Waals surface area contributed by atoms with Gasteiger partial charge in [-0.1, -0.05) is 43.4 Å². The normalized spacial score (nSPS) is 24.2. The largest absolute Gasteiger partial charge is 0.472 e. The number of nitrogens with zero attached hydrogens (tertiary/aromatic N) is 3. The molecule has 0 radical (unpaired) electrons. The number of nitrogens with one attached hydrogen (secondary N) is 1. The number of carbonyl (C=O) groups is 1. The van der Waals surface area contributed by atoms with E-state index in [0.29, 0.717) is 17.7 Å². The number of ether oxygens (including phenoxy) is 1. The molecule has 2 heterocycles. The lowest BCUT2D eigenvalue weighted by molar-refractivity contribution is -0.130. The lowest BCUT2D eigenvalue weighted by atomic mass is 9.84. The zero-order valence-electron chi connectivity index (χ0n) is 13.1. The Labute approximate surface area is 135 Å². The summed E-state index contributed by atoms with van der Waals surface area (Å²) in [6.07, 6.45) is 7.48. The van der Waals surface area contributed by atoms with E-state index in [9.17, 15) is 4.79 Å². The van der Waals surface area contributed by atoms with Crippen LogP contribution in [0, 0.1) is 5.92 Å². The van der Waals surface area contributed by atoms with E-state index in [1.54, 1.807) is 7.11 Å². The fourth-order valence-electron chi connectivity index (χ4n) is 3.50. The quantitative estimate of drug-likeness (QED) is 0.895. The van der Waals surface area contributed by atoms with Gasteiger partial charge in [-0.25, -0.2) is 0 Å². The van der Waals surface area contributed by atoms with Crippen molar-refractivity contribution < 1.29 is 9.53 Å². The number of carbonyl (C=O) groups excluding carboxylic acids is 1. The van der Waals surface area contributed by atoms with Crippen LogP contribution in [0.25, 0.3) is 0 Å². The minimum atomic E-state index is -0.0215. The van der Waals surface area contributed by atoms with E-state index in [-0.39, 0.29) is 11.9 Å². The van der Waals surface area contributed by atoms with Gasteiger partial charge >= 0.3 is 0 Å². The standard InChI is InChI=1S/C15H24N4O2S/c1-21-15-18-17-13(22-15)10-19-8-7-16-14(20)12(19)9-11-5-3-2-4-6-11/h11-12H,2-10H2,1H3,(H,16,20). The fourth-order valence-corrected chi connectivity index (χ4v) is 4.18. The second-order valence-electron chi connectivity index (χ2n) is 6.18. The molecular weight excluding hydrogens is 300 g/mol. The summed E-state index contributed by atoms with van der Waals surface area (Å²) in [5.74, 6) is 0.863. The lowest BCUT2D eigenvalue weighted by Crippen LogP contribution is -2.55. The van der Waals surface area contributed by atoms with E-state index in [2.05, 4.69) is 20.4 Å². The molecule has 1 aromatic heterocycles. The van der Waals surface area contributed by atoms with Crippen LogP contribution < -0.4 is 10.1 Å². The molecule has 1 N–H and O–H groups in total. The molecule has 7 heteroatoms. The second kappa shape index (κ2) is 7.37. The van der Waals surface area contributed by atoms with Gasteiger partial charge in [-0.05, 0) is 12.3 Å². The highest BCUT2D eigenvalue weighted by Gasteiger charge is 2.32. The lowest BCUT2D eigenvalue weighted by Gasteiger charge is -2.37. The van der Waals surface area contributed by atoms with Crippen molar-refractivity contribution in [2.45, 2.75) is 51.1 Å². The first-order valence-electron chi connectivity index (χ1n) is 8.14. The van der Waals surface area contributed by atoms with Crippen molar-refractivity contribution in [3.63, 3.8) is 0 Å². The molecule has 1 unspecified atom stereocenters. The van der Waals surface area contributed by atoms with Gasteiger partial charge in [-0.15, -0.1) is 10.2 Å². The zero-order chi connectivity index (χ0) is 15.4. The predicted octanol–water partition coefficient (Wildman–Crippen LogP) is 1.82. The van der Waals surface area contributed by atoms with E-state index in [4.69, 9.17) is 4.74 Å². The third-order valence-corrected chi connectivity index (χ3v) is 5.55. The zero-order valence-corrected chi connectivity index (χ0v) is 13.9. The molecule has 2 fully saturated rings. The van der Waals surface area contributed by atoms with E-state index in [1.165, 1.54) is 43.4 Å². The molecule has 1 aliphatic carbocycles. The van der Waals surface area contributed by atoms with E-state index in [1.807, 2.05) is 0 Å². The highest BCUT2D eigenvalue weighted by molar-refractivity contribution is 7.13. The number of piperazine rings is 1. The maximum absolute atomic E-state index is 12.3. The Morgan fingerprint density at radius 2 is 2.14 bits per heavy atom. The molecule has 1 saturated heterocycles. The monoisotopic (exact) mass is 324 g/mol. The van der Waals surface area contributed by atoms with Gasteiger partial charge in [0.2, 0.25) is 5.91 Å². The van der Waals surface area contributed by atoms with Crippen LogP contribution in [0.3, 0.4) is 0 Å². The van der Waals surface area contributed by atoms with Crippen LogP contribution in [0.4, 0.5) is 0 Å². The molecule has 1 aromatic rings. The molecule has 3 rings (SSSR count). The fraction of sp³-hybridized carbons (Fsp3) is 0.800. The average Bonchev–Trinajstić information content (AvgIpc) is 2.99. The van der Waals surface area contributed by atoms with Gasteiger partial charge in [0.25, 0.3) is 5.19 Å². The minimum Gasteiger partial charge on any atom is -0.472 e. The first-order chi connectivity index (χ1) is 10.8. The van der Waals surface area contributed by atoms with Crippen molar-refractivity contribution in [3.05, 3.63) is 5.01 Å². The van der Waals surface area contributed by atoms with Gasteiger partial charge in [0.05, 0.1) is 19.7 Å². The van der Waals surface area contributed by atoms with Gasteiger partial charge in [-0.3, -0.25) is 9.69 Å². The Kier molecular flexibility index (Phi) is 5.25. The molecule has 0 bridgehead atoms. The molecule has 122 valence electrons. The van der Waals surface area contributed by atoms with Crippen LogP contribution in [0.1, 0.15) is 43.5 Å². The van der Waals surface area contributed by atoms with Crippen molar-refractivity contribution >= 4 is 17.2 Å². The molecule has 0 aromatic carbocycles. The van der Waals surface area contributed by atoms with Crippen LogP contribution in [-0.2, 0) is 11.3 Å². The number of rotatable bonds is 5. The van der Waals surface area contributed by atoms with Gasteiger partial charge in [0.1, 0.15) is 5.01 Å². The summed E-state index contributed by atoms with van der Waals surface area (Å²) in [5.41, 5.74) is 0. The number of methoxy groups -OCH3 is 1. The molecule has 1 aliphatic heterocycles. The SMILES string of the molecule is COc1nnc(CN2CCNC(=O)C2CC2CCCCC2)s1. The minimum absolute atomic E-state index is 0.0215.